The van der Waals surface area contributed by atoms with Gasteiger partial charge in [0.15, 0.2) is 0 Å². The number of hydrogen-bond acceptors (Lipinski definition) is 3. The first-order chi connectivity index (χ1) is 9.15. The first kappa shape index (κ1) is 13.5. The molecule has 0 aromatic carbocycles. The summed E-state index contributed by atoms with van der Waals surface area (Å²) in [6, 6.07) is 3.77. The van der Waals surface area contributed by atoms with Crippen molar-refractivity contribution >= 4 is 11.9 Å². The molecule has 1 fully saturated rings. The maximum Gasteiger partial charge on any atom is 0.319 e. The average Bonchev–Trinajstić information content (AvgIpc) is 2.90. The van der Waals surface area contributed by atoms with Crippen molar-refractivity contribution in [2.24, 2.45) is 5.41 Å². The normalized spacial score (nSPS) is 17.1. The van der Waals surface area contributed by atoms with E-state index in [1.165, 1.54) is 0 Å². The van der Waals surface area contributed by atoms with Gasteiger partial charge < -0.3 is 10.4 Å². The van der Waals surface area contributed by atoms with Crippen LogP contribution in [0.25, 0.3) is 0 Å². The third-order valence-electron chi connectivity index (χ3n) is 3.72. The highest BCUT2D eigenvalue weighted by Crippen LogP contribution is 2.38. The number of hydrogen-bond donors (Lipinski definition) is 2. The second-order valence-corrected chi connectivity index (χ2v) is 4.96. The summed E-state index contributed by atoms with van der Waals surface area (Å²) in [5.74, 6) is -1.34. The van der Waals surface area contributed by atoms with Crippen LogP contribution in [0.4, 0.5) is 0 Å². The van der Waals surface area contributed by atoms with E-state index in [-0.39, 0.29) is 5.91 Å². The predicted octanol–water partition coefficient (Wildman–Crippen LogP) is 1.39. The Labute approximate surface area is 112 Å². The van der Waals surface area contributed by atoms with Gasteiger partial charge in [0.05, 0.1) is 0 Å². The summed E-state index contributed by atoms with van der Waals surface area (Å²) in [5, 5.41) is 12.0. The lowest BCUT2D eigenvalue weighted by Crippen LogP contribution is -2.45. The van der Waals surface area contributed by atoms with Crippen LogP contribution in [0.3, 0.4) is 0 Å². The molecule has 2 N–H and O–H groups in total. The Hall–Kier alpha value is -1.91. The van der Waals surface area contributed by atoms with E-state index in [2.05, 4.69) is 10.3 Å². The van der Waals surface area contributed by atoms with Gasteiger partial charge in [-0.05, 0) is 30.9 Å². The molecule has 1 aliphatic rings. The Morgan fingerprint density at radius 1 is 1.37 bits per heavy atom. The molecule has 0 saturated heterocycles. The molecule has 2 rings (SSSR count). The number of rotatable bonds is 5. The number of aromatic nitrogens is 1. The number of nitrogens with one attached hydrogen (secondary N) is 1. The summed E-state index contributed by atoms with van der Waals surface area (Å²) in [6.07, 6.45) is 6.61. The Balaban J connectivity index is 1.88. The molecule has 1 aliphatic carbocycles. The summed E-state index contributed by atoms with van der Waals surface area (Å²) >= 11 is 0. The van der Waals surface area contributed by atoms with E-state index in [1.54, 1.807) is 12.4 Å². The van der Waals surface area contributed by atoms with Crippen LogP contribution in [-0.2, 0) is 16.0 Å². The van der Waals surface area contributed by atoms with Crippen LogP contribution in [0, 0.1) is 5.41 Å². The minimum Gasteiger partial charge on any atom is -0.480 e. The lowest BCUT2D eigenvalue weighted by molar-refractivity contribution is -0.155. The maximum atomic E-state index is 12.1. The zero-order valence-corrected chi connectivity index (χ0v) is 10.8. The van der Waals surface area contributed by atoms with Crippen molar-refractivity contribution in [2.45, 2.75) is 32.1 Å². The fourth-order valence-electron chi connectivity index (χ4n) is 2.55. The molecule has 1 aromatic rings. The second-order valence-electron chi connectivity index (χ2n) is 4.96. The average molecular weight is 262 g/mol. The number of pyridine rings is 1. The van der Waals surface area contributed by atoms with E-state index < -0.39 is 11.4 Å². The van der Waals surface area contributed by atoms with E-state index in [1.807, 2.05) is 12.1 Å². The number of carbonyl (C=O) groups is 2. The third kappa shape index (κ3) is 2.92. The zero-order valence-electron chi connectivity index (χ0n) is 10.8. The van der Waals surface area contributed by atoms with E-state index in [9.17, 15) is 14.7 Å². The van der Waals surface area contributed by atoms with Crippen LogP contribution < -0.4 is 5.32 Å². The van der Waals surface area contributed by atoms with Crippen LogP contribution in [0.2, 0.25) is 0 Å². The SMILES string of the molecule is O=C(O)C1(C(=O)NCCc2cccnc2)CCCC1. The lowest BCUT2D eigenvalue weighted by atomic mass is 9.85. The van der Waals surface area contributed by atoms with E-state index in [4.69, 9.17) is 0 Å². The predicted molar refractivity (Wildman–Crippen MR) is 69.5 cm³/mol. The molecule has 5 heteroatoms. The number of carbonyl (C=O) groups excluding carboxylic acids is 1. The van der Waals surface area contributed by atoms with Crippen molar-refractivity contribution in [1.82, 2.24) is 10.3 Å². The Morgan fingerprint density at radius 3 is 2.68 bits per heavy atom. The molecular weight excluding hydrogens is 244 g/mol. The van der Waals surface area contributed by atoms with Gasteiger partial charge >= 0.3 is 5.97 Å². The molecule has 1 aromatic heterocycles. The van der Waals surface area contributed by atoms with Crippen LogP contribution >= 0.6 is 0 Å². The Kier molecular flexibility index (Phi) is 4.14. The van der Waals surface area contributed by atoms with Gasteiger partial charge in [-0.15, -0.1) is 0 Å². The molecule has 102 valence electrons. The van der Waals surface area contributed by atoms with Gasteiger partial charge in [0.1, 0.15) is 5.41 Å². The summed E-state index contributed by atoms with van der Waals surface area (Å²) in [7, 11) is 0. The number of amides is 1. The van der Waals surface area contributed by atoms with Gasteiger partial charge in [0, 0.05) is 18.9 Å². The van der Waals surface area contributed by atoms with Gasteiger partial charge in [-0.3, -0.25) is 14.6 Å². The number of carboxylic acids is 1. The van der Waals surface area contributed by atoms with Crippen LogP contribution in [0.1, 0.15) is 31.2 Å². The monoisotopic (exact) mass is 262 g/mol. The zero-order chi connectivity index (χ0) is 13.7. The second kappa shape index (κ2) is 5.82. The smallest absolute Gasteiger partial charge is 0.319 e. The van der Waals surface area contributed by atoms with Crippen molar-refractivity contribution in [3.63, 3.8) is 0 Å². The third-order valence-corrected chi connectivity index (χ3v) is 3.72. The molecule has 0 radical (unpaired) electrons. The molecule has 19 heavy (non-hydrogen) atoms. The molecular formula is C14H18N2O3. The van der Waals surface area contributed by atoms with Crippen LogP contribution in [0.5, 0.6) is 0 Å². The fraction of sp³-hybridized carbons (Fsp3) is 0.500. The molecule has 1 saturated carbocycles. The van der Waals surface area contributed by atoms with Crippen molar-refractivity contribution in [3.05, 3.63) is 30.1 Å². The first-order valence-electron chi connectivity index (χ1n) is 6.56. The van der Waals surface area contributed by atoms with E-state index >= 15 is 0 Å². The molecule has 0 bridgehead atoms. The molecule has 1 amide bonds. The highest BCUT2D eigenvalue weighted by atomic mass is 16.4. The summed E-state index contributed by atoms with van der Waals surface area (Å²) in [5.41, 5.74) is -0.173. The highest BCUT2D eigenvalue weighted by molar-refractivity contribution is 6.02. The number of carboxylic acid groups (broad SMARTS) is 1. The largest absolute Gasteiger partial charge is 0.480 e. The van der Waals surface area contributed by atoms with Crippen molar-refractivity contribution in [3.8, 4) is 0 Å². The van der Waals surface area contributed by atoms with E-state index in [0.717, 1.165) is 18.4 Å². The highest BCUT2D eigenvalue weighted by Gasteiger charge is 2.47. The fourth-order valence-corrected chi connectivity index (χ4v) is 2.55. The van der Waals surface area contributed by atoms with Crippen molar-refractivity contribution in [2.75, 3.05) is 6.54 Å². The number of nitrogens with zero attached hydrogens (tertiary/aromatic N) is 1. The molecule has 0 unspecified atom stereocenters. The quantitative estimate of drug-likeness (QED) is 0.786. The minimum absolute atomic E-state index is 0.346. The maximum absolute atomic E-state index is 12.1. The van der Waals surface area contributed by atoms with Crippen molar-refractivity contribution in [1.29, 1.82) is 0 Å². The van der Waals surface area contributed by atoms with Crippen LogP contribution in [-0.4, -0.2) is 28.5 Å². The van der Waals surface area contributed by atoms with Gasteiger partial charge in [0.2, 0.25) is 5.91 Å². The first-order valence-corrected chi connectivity index (χ1v) is 6.56. The lowest BCUT2D eigenvalue weighted by Gasteiger charge is -2.22. The molecule has 0 aliphatic heterocycles. The molecule has 1 heterocycles. The summed E-state index contributed by atoms with van der Waals surface area (Å²) < 4.78 is 0. The van der Waals surface area contributed by atoms with Crippen molar-refractivity contribution < 1.29 is 14.7 Å². The minimum atomic E-state index is -1.20. The van der Waals surface area contributed by atoms with Gasteiger partial charge in [-0.25, -0.2) is 0 Å². The van der Waals surface area contributed by atoms with E-state index in [0.29, 0.717) is 25.8 Å². The Morgan fingerprint density at radius 2 is 2.11 bits per heavy atom. The summed E-state index contributed by atoms with van der Waals surface area (Å²) in [6.45, 7) is 0.444. The van der Waals surface area contributed by atoms with Gasteiger partial charge in [0.25, 0.3) is 0 Å². The van der Waals surface area contributed by atoms with Crippen LogP contribution in [0.15, 0.2) is 24.5 Å². The number of aliphatic carboxylic acids is 1. The molecule has 0 spiro atoms. The van der Waals surface area contributed by atoms with Gasteiger partial charge in [-0.1, -0.05) is 18.9 Å². The molecule has 5 nitrogen and oxygen atoms in total. The standard InChI is InChI=1S/C14H18N2O3/c17-12(14(13(18)19)6-1-2-7-14)16-9-5-11-4-3-8-15-10-11/h3-4,8,10H,1-2,5-7,9H2,(H,16,17)(H,18,19). The Bertz CT molecular complexity index is 453. The summed E-state index contributed by atoms with van der Waals surface area (Å²) in [4.78, 5) is 27.4. The topological polar surface area (TPSA) is 79.3 Å². The van der Waals surface area contributed by atoms with Gasteiger partial charge in [-0.2, -0.15) is 0 Å². The molecule has 0 atom stereocenters.